The van der Waals surface area contributed by atoms with Gasteiger partial charge in [0.1, 0.15) is 5.75 Å². The molecule has 1 fully saturated rings. The van der Waals surface area contributed by atoms with E-state index in [1.165, 1.54) is 28.6 Å². The Labute approximate surface area is 187 Å². The van der Waals surface area contributed by atoms with E-state index >= 15 is 0 Å². The van der Waals surface area contributed by atoms with E-state index in [0.29, 0.717) is 23.5 Å². The topological polar surface area (TPSA) is 90.7 Å². The Morgan fingerprint density at radius 3 is 2.22 bits per heavy atom. The van der Waals surface area contributed by atoms with Crippen LogP contribution >= 0.6 is 0 Å². The zero-order valence-corrected chi connectivity index (χ0v) is 18.5. The summed E-state index contributed by atoms with van der Waals surface area (Å²) < 4.78 is 33.0. The van der Waals surface area contributed by atoms with Crippen molar-refractivity contribution in [3.8, 4) is 11.8 Å². The molecular weight excluding hydrogens is 426 g/mol. The standard InChI is InChI=1S/C24H23N3O4S/c1-2-31-23-16-20-6-4-3-5-19(20)15-22(23)24(28)26-11-13-27(14-12-26)32(29,30)21-9-7-18(17-25)8-10-21/h3-10,15-16H,2,11-14H2,1H3. The number of carbonyl (C=O) groups is 1. The fourth-order valence-corrected chi connectivity index (χ4v) is 5.24. The van der Waals surface area contributed by atoms with Crippen molar-refractivity contribution in [2.45, 2.75) is 11.8 Å². The maximum atomic E-state index is 13.3. The normalized spacial score (nSPS) is 14.8. The number of nitriles is 1. The average Bonchev–Trinajstić information content (AvgIpc) is 2.83. The van der Waals surface area contributed by atoms with Crippen molar-refractivity contribution >= 4 is 26.7 Å². The van der Waals surface area contributed by atoms with Gasteiger partial charge in [0.15, 0.2) is 0 Å². The lowest BCUT2D eigenvalue weighted by atomic mass is 10.0. The van der Waals surface area contributed by atoms with Gasteiger partial charge in [-0.15, -0.1) is 0 Å². The Hall–Kier alpha value is -3.41. The smallest absolute Gasteiger partial charge is 0.257 e. The number of hydrogen-bond acceptors (Lipinski definition) is 5. The van der Waals surface area contributed by atoms with Gasteiger partial charge < -0.3 is 9.64 Å². The van der Waals surface area contributed by atoms with E-state index in [2.05, 4.69) is 0 Å². The van der Waals surface area contributed by atoms with Gasteiger partial charge in [0.25, 0.3) is 5.91 Å². The molecule has 1 aliphatic rings. The Kier molecular flexibility index (Phi) is 6.12. The lowest BCUT2D eigenvalue weighted by molar-refractivity contribution is 0.0694. The molecule has 8 heteroatoms. The van der Waals surface area contributed by atoms with Crippen LogP contribution in [0.1, 0.15) is 22.8 Å². The van der Waals surface area contributed by atoms with Crippen LogP contribution in [0.4, 0.5) is 0 Å². The number of amides is 1. The van der Waals surface area contributed by atoms with Gasteiger partial charge in [0.05, 0.1) is 28.7 Å². The molecule has 32 heavy (non-hydrogen) atoms. The van der Waals surface area contributed by atoms with E-state index in [0.717, 1.165) is 10.8 Å². The molecule has 0 saturated carbocycles. The van der Waals surface area contributed by atoms with Crippen molar-refractivity contribution in [1.82, 2.24) is 9.21 Å². The summed E-state index contributed by atoms with van der Waals surface area (Å²) in [5.74, 6) is 0.360. The average molecular weight is 450 g/mol. The van der Waals surface area contributed by atoms with Gasteiger partial charge in [-0.05, 0) is 54.1 Å². The van der Waals surface area contributed by atoms with E-state index < -0.39 is 10.0 Å². The molecule has 0 N–H and O–H groups in total. The summed E-state index contributed by atoms with van der Waals surface area (Å²) in [6.45, 7) is 3.28. The lowest BCUT2D eigenvalue weighted by Crippen LogP contribution is -2.50. The van der Waals surface area contributed by atoms with Crippen molar-refractivity contribution in [3.05, 3.63) is 71.8 Å². The third-order valence-corrected chi connectivity index (χ3v) is 7.44. The Morgan fingerprint density at radius 1 is 1.00 bits per heavy atom. The predicted molar refractivity (Wildman–Crippen MR) is 121 cm³/mol. The molecule has 1 aliphatic heterocycles. The number of fused-ring (bicyclic) bond motifs is 1. The zero-order valence-electron chi connectivity index (χ0n) is 17.7. The molecule has 1 amide bonds. The first-order valence-electron chi connectivity index (χ1n) is 10.4. The number of benzene rings is 3. The molecule has 1 heterocycles. The van der Waals surface area contributed by atoms with E-state index in [9.17, 15) is 13.2 Å². The van der Waals surface area contributed by atoms with Gasteiger partial charge in [-0.25, -0.2) is 8.42 Å². The largest absolute Gasteiger partial charge is 0.493 e. The fourth-order valence-electron chi connectivity index (χ4n) is 3.81. The SMILES string of the molecule is CCOc1cc2ccccc2cc1C(=O)N1CCN(S(=O)(=O)c2ccc(C#N)cc2)CC1. The maximum absolute atomic E-state index is 13.3. The van der Waals surface area contributed by atoms with Gasteiger partial charge in [0, 0.05) is 26.2 Å². The number of nitrogens with zero attached hydrogens (tertiary/aromatic N) is 3. The first kappa shape index (κ1) is 21.8. The summed E-state index contributed by atoms with van der Waals surface area (Å²) in [4.78, 5) is 15.1. The molecule has 1 saturated heterocycles. The van der Waals surface area contributed by atoms with Crippen molar-refractivity contribution in [3.63, 3.8) is 0 Å². The highest BCUT2D eigenvalue weighted by atomic mass is 32.2. The summed E-state index contributed by atoms with van der Waals surface area (Å²) >= 11 is 0. The van der Waals surface area contributed by atoms with Gasteiger partial charge in [-0.2, -0.15) is 9.57 Å². The Morgan fingerprint density at radius 2 is 1.62 bits per heavy atom. The molecule has 0 radical (unpaired) electrons. The highest BCUT2D eigenvalue weighted by Gasteiger charge is 2.31. The number of sulfonamides is 1. The minimum Gasteiger partial charge on any atom is -0.493 e. The highest BCUT2D eigenvalue weighted by Crippen LogP contribution is 2.28. The Balaban J connectivity index is 1.52. The van der Waals surface area contributed by atoms with Crippen LogP contribution in [-0.2, 0) is 10.0 Å². The highest BCUT2D eigenvalue weighted by molar-refractivity contribution is 7.89. The van der Waals surface area contributed by atoms with Crippen LogP contribution in [0.15, 0.2) is 65.6 Å². The molecule has 164 valence electrons. The van der Waals surface area contributed by atoms with Crippen molar-refractivity contribution in [2.24, 2.45) is 0 Å². The second kappa shape index (κ2) is 8.99. The van der Waals surface area contributed by atoms with Crippen LogP contribution in [0.3, 0.4) is 0 Å². The lowest BCUT2D eigenvalue weighted by Gasteiger charge is -2.34. The summed E-state index contributed by atoms with van der Waals surface area (Å²) in [6.07, 6.45) is 0. The number of hydrogen-bond donors (Lipinski definition) is 0. The third kappa shape index (κ3) is 4.17. The van der Waals surface area contributed by atoms with Crippen LogP contribution in [0.2, 0.25) is 0 Å². The van der Waals surface area contributed by atoms with Gasteiger partial charge in [-0.1, -0.05) is 24.3 Å². The van der Waals surface area contributed by atoms with E-state index in [1.54, 1.807) is 4.90 Å². The van der Waals surface area contributed by atoms with Crippen molar-refractivity contribution < 1.29 is 17.9 Å². The number of piperazine rings is 1. The maximum Gasteiger partial charge on any atom is 0.257 e. The Bertz CT molecular complexity index is 1290. The first-order valence-corrected chi connectivity index (χ1v) is 11.8. The van der Waals surface area contributed by atoms with Crippen LogP contribution in [0.5, 0.6) is 5.75 Å². The molecular formula is C24H23N3O4S. The minimum absolute atomic E-state index is 0.143. The monoisotopic (exact) mass is 449 g/mol. The molecule has 7 nitrogen and oxygen atoms in total. The molecule has 0 aromatic heterocycles. The summed E-state index contributed by atoms with van der Waals surface area (Å²) in [5, 5.41) is 10.8. The fraction of sp³-hybridized carbons (Fsp3) is 0.250. The molecule has 3 aromatic rings. The zero-order chi connectivity index (χ0) is 22.7. The first-order chi connectivity index (χ1) is 15.4. The van der Waals surface area contributed by atoms with Gasteiger partial charge in [0.2, 0.25) is 10.0 Å². The van der Waals surface area contributed by atoms with Crippen molar-refractivity contribution in [1.29, 1.82) is 5.26 Å². The van der Waals surface area contributed by atoms with Crippen LogP contribution in [0, 0.1) is 11.3 Å². The van der Waals surface area contributed by atoms with Gasteiger partial charge in [-0.3, -0.25) is 4.79 Å². The van der Waals surface area contributed by atoms with E-state index in [1.807, 2.05) is 49.4 Å². The van der Waals surface area contributed by atoms with Crippen LogP contribution in [0.25, 0.3) is 10.8 Å². The molecule has 0 spiro atoms. The summed E-state index contributed by atoms with van der Waals surface area (Å²) in [6, 6.07) is 19.3. The molecule has 0 bridgehead atoms. The number of carbonyl (C=O) groups excluding carboxylic acids is 1. The van der Waals surface area contributed by atoms with E-state index in [4.69, 9.17) is 10.00 Å². The summed E-state index contributed by atoms with van der Waals surface area (Å²) in [7, 11) is -3.69. The third-order valence-electron chi connectivity index (χ3n) is 5.53. The molecule has 3 aromatic carbocycles. The molecule has 4 rings (SSSR count). The van der Waals surface area contributed by atoms with E-state index in [-0.39, 0.29) is 37.0 Å². The quantitative estimate of drug-likeness (QED) is 0.596. The van der Waals surface area contributed by atoms with Crippen LogP contribution in [-0.4, -0.2) is 56.3 Å². The number of ether oxygens (including phenoxy) is 1. The second-order valence-electron chi connectivity index (χ2n) is 7.46. The predicted octanol–water partition coefficient (Wildman–Crippen LogP) is 3.26. The second-order valence-corrected chi connectivity index (χ2v) is 9.40. The minimum atomic E-state index is -3.69. The molecule has 0 unspecified atom stereocenters. The number of rotatable bonds is 5. The van der Waals surface area contributed by atoms with Crippen LogP contribution < -0.4 is 4.74 Å². The molecule has 0 atom stereocenters. The summed E-state index contributed by atoms with van der Waals surface area (Å²) in [5.41, 5.74) is 0.883. The molecule has 0 aliphatic carbocycles. The van der Waals surface area contributed by atoms with Crippen molar-refractivity contribution in [2.75, 3.05) is 32.8 Å². The van der Waals surface area contributed by atoms with Gasteiger partial charge >= 0.3 is 0 Å².